The van der Waals surface area contributed by atoms with Crippen LogP contribution in [0, 0.1) is 5.92 Å². The molecule has 2 N–H and O–H groups in total. The Morgan fingerprint density at radius 1 is 1.55 bits per heavy atom. The molecule has 0 aliphatic heterocycles. The summed E-state index contributed by atoms with van der Waals surface area (Å²) in [6.45, 7) is 3.65. The maximum atomic E-state index is 11.2. The monoisotopic (exact) mass is 180 g/mol. The zero-order valence-electron chi connectivity index (χ0n) is 7.16. The van der Waals surface area contributed by atoms with Crippen LogP contribution in [0.5, 0.6) is 0 Å². The zero-order valence-corrected chi connectivity index (χ0v) is 8.05. The second kappa shape index (κ2) is 4.91. The van der Waals surface area contributed by atoms with Crippen molar-refractivity contribution in [3.63, 3.8) is 0 Å². The molecule has 11 heavy (non-hydrogen) atoms. The van der Waals surface area contributed by atoms with Crippen LogP contribution in [0.2, 0.25) is 0 Å². The molecular weight excluding hydrogens is 163 g/mol. The summed E-state index contributed by atoms with van der Waals surface area (Å²) >= 11 is 0. The SMILES string of the molecule is CCCP(=O)(O)CC(C)CO. The lowest BCUT2D eigenvalue weighted by molar-refractivity contribution is 0.247. The second-order valence-electron chi connectivity index (χ2n) is 3.04. The van der Waals surface area contributed by atoms with E-state index in [9.17, 15) is 9.46 Å². The number of hydrogen-bond acceptors (Lipinski definition) is 2. The summed E-state index contributed by atoms with van der Waals surface area (Å²) in [6, 6.07) is 0. The summed E-state index contributed by atoms with van der Waals surface area (Å²) in [4.78, 5) is 9.26. The average molecular weight is 180 g/mol. The minimum atomic E-state index is -2.93. The van der Waals surface area contributed by atoms with Gasteiger partial charge in [-0.15, -0.1) is 0 Å². The van der Waals surface area contributed by atoms with Crippen LogP contribution in [0.4, 0.5) is 0 Å². The normalized spacial score (nSPS) is 19.3. The topological polar surface area (TPSA) is 57.5 Å². The molecule has 0 saturated carbocycles. The Labute approximate surface area is 67.9 Å². The van der Waals surface area contributed by atoms with E-state index in [1.165, 1.54) is 0 Å². The fourth-order valence-electron chi connectivity index (χ4n) is 0.985. The predicted molar refractivity (Wildman–Crippen MR) is 46.1 cm³/mol. The van der Waals surface area contributed by atoms with Crippen molar-refractivity contribution in [2.75, 3.05) is 18.9 Å². The first kappa shape index (κ1) is 11.2. The van der Waals surface area contributed by atoms with E-state index in [0.29, 0.717) is 6.16 Å². The predicted octanol–water partition coefficient (Wildman–Crippen LogP) is 1.30. The van der Waals surface area contributed by atoms with Crippen LogP contribution in [-0.2, 0) is 4.57 Å². The van der Waals surface area contributed by atoms with Gasteiger partial charge in [0.1, 0.15) is 0 Å². The first-order chi connectivity index (χ1) is 5.02. The molecule has 0 spiro atoms. The molecule has 0 aromatic carbocycles. The molecule has 0 aliphatic rings. The molecule has 0 heterocycles. The Morgan fingerprint density at radius 3 is 2.45 bits per heavy atom. The molecule has 2 atom stereocenters. The van der Waals surface area contributed by atoms with Crippen molar-refractivity contribution in [3.05, 3.63) is 0 Å². The third-order valence-electron chi connectivity index (χ3n) is 1.48. The van der Waals surface area contributed by atoms with Gasteiger partial charge in [0.05, 0.1) is 0 Å². The minimum absolute atomic E-state index is 0.00569. The lowest BCUT2D eigenvalue weighted by Gasteiger charge is -2.13. The maximum Gasteiger partial charge on any atom is 0.200 e. The number of hydrogen-bond donors (Lipinski definition) is 2. The molecule has 68 valence electrons. The van der Waals surface area contributed by atoms with Gasteiger partial charge in [-0.05, 0) is 12.3 Å². The highest BCUT2D eigenvalue weighted by atomic mass is 31.2. The van der Waals surface area contributed by atoms with Crippen LogP contribution in [0.15, 0.2) is 0 Å². The minimum Gasteiger partial charge on any atom is -0.396 e. The van der Waals surface area contributed by atoms with Crippen molar-refractivity contribution in [3.8, 4) is 0 Å². The average Bonchev–Trinajstić information content (AvgIpc) is 1.86. The molecule has 4 heteroatoms. The van der Waals surface area contributed by atoms with Crippen molar-refractivity contribution >= 4 is 7.37 Å². The molecular formula is C7H17O3P. The second-order valence-corrected chi connectivity index (χ2v) is 5.55. The lowest BCUT2D eigenvalue weighted by Crippen LogP contribution is -2.08. The van der Waals surface area contributed by atoms with Gasteiger partial charge >= 0.3 is 0 Å². The quantitative estimate of drug-likeness (QED) is 0.627. The van der Waals surface area contributed by atoms with E-state index in [-0.39, 0.29) is 18.7 Å². The van der Waals surface area contributed by atoms with E-state index >= 15 is 0 Å². The van der Waals surface area contributed by atoms with Crippen LogP contribution in [0.25, 0.3) is 0 Å². The van der Waals surface area contributed by atoms with Gasteiger partial charge in [0.25, 0.3) is 0 Å². The number of aliphatic hydroxyl groups is 1. The molecule has 0 rings (SSSR count). The number of aliphatic hydroxyl groups excluding tert-OH is 1. The maximum absolute atomic E-state index is 11.2. The van der Waals surface area contributed by atoms with E-state index < -0.39 is 7.37 Å². The fourth-order valence-corrected chi connectivity index (χ4v) is 2.96. The van der Waals surface area contributed by atoms with Crippen LogP contribution in [-0.4, -0.2) is 28.9 Å². The van der Waals surface area contributed by atoms with Crippen LogP contribution < -0.4 is 0 Å². The van der Waals surface area contributed by atoms with Gasteiger partial charge in [0, 0.05) is 18.9 Å². The van der Waals surface area contributed by atoms with Gasteiger partial charge in [-0.3, -0.25) is 4.57 Å². The molecule has 0 amide bonds. The summed E-state index contributed by atoms with van der Waals surface area (Å²) < 4.78 is 11.2. The van der Waals surface area contributed by atoms with Gasteiger partial charge in [0.2, 0.25) is 7.37 Å². The first-order valence-corrected chi connectivity index (χ1v) is 5.96. The Bertz CT molecular complexity index is 147. The molecule has 0 fully saturated rings. The number of rotatable bonds is 5. The van der Waals surface area contributed by atoms with Gasteiger partial charge < -0.3 is 10.00 Å². The van der Waals surface area contributed by atoms with Gasteiger partial charge in [0.15, 0.2) is 0 Å². The van der Waals surface area contributed by atoms with Crippen LogP contribution in [0.3, 0.4) is 0 Å². The van der Waals surface area contributed by atoms with E-state index in [2.05, 4.69) is 0 Å². The molecule has 0 saturated heterocycles. The standard InChI is InChI=1S/C7H17O3P/c1-3-4-11(9,10)6-7(2)5-8/h7-8H,3-6H2,1-2H3,(H,9,10). The molecule has 0 aliphatic carbocycles. The highest BCUT2D eigenvalue weighted by Crippen LogP contribution is 2.42. The Hall–Kier alpha value is 0.150. The smallest absolute Gasteiger partial charge is 0.200 e. The van der Waals surface area contributed by atoms with Gasteiger partial charge in [-0.2, -0.15) is 0 Å². The Kier molecular flexibility index (Phi) is 4.98. The third kappa shape index (κ3) is 5.42. The van der Waals surface area contributed by atoms with E-state index in [0.717, 1.165) is 6.42 Å². The van der Waals surface area contributed by atoms with Gasteiger partial charge in [-0.1, -0.05) is 13.8 Å². The highest BCUT2D eigenvalue weighted by molar-refractivity contribution is 7.57. The summed E-state index contributed by atoms with van der Waals surface area (Å²) in [5, 5.41) is 8.63. The fraction of sp³-hybridized carbons (Fsp3) is 1.00. The molecule has 0 aromatic rings. The largest absolute Gasteiger partial charge is 0.396 e. The molecule has 0 aromatic heterocycles. The first-order valence-electron chi connectivity index (χ1n) is 3.93. The van der Waals surface area contributed by atoms with Crippen LogP contribution in [0.1, 0.15) is 20.3 Å². The highest BCUT2D eigenvalue weighted by Gasteiger charge is 2.19. The third-order valence-corrected chi connectivity index (χ3v) is 3.82. The van der Waals surface area contributed by atoms with Crippen molar-refractivity contribution < 1.29 is 14.6 Å². The Balaban J connectivity index is 3.81. The van der Waals surface area contributed by atoms with Crippen molar-refractivity contribution in [1.29, 1.82) is 0 Å². The van der Waals surface area contributed by atoms with Crippen molar-refractivity contribution in [1.82, 2.24) is 0 Å². The Morgan fingerprint density at radius 2 is 2.09 bits per heavy atom. The lowest BCUT2D eigenvalue weighted by atomic mass is 10.2. The van der Waals surface area contributed by atoms with Crippen molar-refractivity contribution in [2.24, 2.45) is 5.92 Å². The summed E-state index contributed by atoms with van der Waals surface area (Å²) in [7, 11) is -2.93. The van der Waals surface area contributed by atoms with E-state index in [1.807, 2.05) is 6.92 Å². The van der Waals surface area contributed by atoms with Crippen molar-refractivity contribution in [2.45, 2.75) is 20.3 Å². The zero-order chi connectivity index (χ0) is 8.91. The molecule has 0 radical (unpaired) electrons. The summed E-state index contributed by atoms with van der Waals surface area (Å²) in [5.41, 5.74) is 0. The summed E-state index contributed by atoms with van der Waals surface area (Å²) in [6.07, 6.45) is 1.35. The van der Waals surface area contributed by atoms with Crippen LogP contribution >= 0.6 is 7.37 Å². The van der Waals surface area contributed by atoms with E-state index in [1.54, 1.807) is 6.92 Å². The van der Waals surface area contributed by atoms with E-state index in [4.69, 9.17) is 5.11 Å². The molecule has 0 bridgehead atoms. The summed E-state index contributed by atoms with van der Waals surface area (Å²) in [5.74, 6) is -0.0580. The molecule has 2 unspecified atom stereocenters. The molecule has 3 nitrogen and oxygen atoms in total. The van der Waals surface area contributed by atoms with Gasteiger partial charge in [-0.25, -0.2) is 0 Å².